The molecule has 1 aromatic heterocycles. The molecule has 1 unspecified atom stereocenters. The molecule has 1 saturated heterocycles. The number of esters is 1. The Hall–Kier alpha value is -3.46. The van der Waals surface area contributed by atoms with Gasteiger partial charge in [-0.1, -0.05) is 17.3 Å². The van der Waals surface area contributed by atoms with E-state index in [4.69, 9.17) is 15.9 Å². The summed E-state index contributed by atoms with van der Waals surface area (Å²) in [7, 11) is -1.11. The van der Waals surface area contributed by atoms with Crippen LogP contribution < -0.4 is 9.54 Å². The van der Waals surface area contributed by atoms with Crippen molar-refractivity contribution in [2.24, 2.45) is 4.99 Å². The number of carbonyl (C=O) groups excluding carboxylic acids is 2. The molecule has 1 aliphatic rings. The number of amides is 1. The summed E-state index contributed by atoms with van der Waals surface area (Å²) in [6, 6.07) is 10.1. The number of terminal acetylenes is 1. The van der Waals surface area contributed by atoms with Crippen molar-refractivity contribution in [2.45, 2.75) is 30.3 Å². The van der Waals surface area contributed by atoms with Crippen LogP contribution in [0.4, 0.5) is 0 Å². The Labute approximate surface area is 206 Å². The van der Waals surface area contributed by atoms with E-state index in [2.05, 4.69) is 10.9 Å². The van der Waals surface area contributed by atoms with Crippen molar-refractivity contribution in [1.82, 2.24) is 8.87 Å². The zero-order valence-electron chi connectivity index (χ0n) is 19.1. The minimum Gasteiger partial charge on any atom is -0.497 e. The smallest absolute Gasteiger partial charge is 0.337 e. The van der Waals surface area contributed by atoms with E-state index in [1.807, 2.05) is 0 Å². The molecule has 2 heterocycles. The van der Waals surface area contributed by atoms with Crippen molar-refractivity contribution in [2.75, 3.05) is 20.8 Å². The fraction of sp³-hybridized carbons (Fsp3) is 0.292. The maximum absolute atomic E-state index is 13.3. The van der Waals surface area contributed by atoms with Crippen LogP contribution >= 0.6 is 11.3 Å². The highest BCUT2D eigenvalue weighted by Gasteiger charge is 2.39. The third-order valence-corrected chi connectivity index (χ3v) is 8.68. The fourth-order valence-electron chi connectivity index (χ4n) is 3.97. The molecule has 0 radical (unpaired) electrons. The van der Waals surface area contributed by atoms with Crippen LogP contribution in [-0.2, 0) is 26.1 Å². The molecule has 1 fully saturated rings. The van der Waals surface area contributed by atoms with E-state index in [1.165, 1.54) is 42.0 Å². The number of ether oxygens (including phenoxy) is 2. The van der Waals surface area contributed by atoms with Crippen LogP contribution in [0.3, 0.4) is 0 Å². The van der Waals surface area contributed by atoms with Crippen molar-refractivity contribution in [3.05, 3.63) is 52.8 Å². The zero-order chi connectivity index (χ0) is 25.2. The Balaban J connectivity index is 1.71. The number of benzene rings is 2. The minimum atomic E-state index is -3.90. The van der Waals surface area contributed by atoms with Gasteiger partial charge < -0.3 is 14.0 Å². The van der Waals surface area contributed by atoms with E-state index in [9.17, 15) is 18.0 Å². The molecule has 2 aromatic carbocycles. The van der Waals surface area contributed by atoms with Crippen LogP contribution in [0.5, 0.6) is 5.75 Å². The van der Waals surface area contributed by atoms with Crippen LogP contribution in [0.2, 0.25) is 0 Å². The SMILES string of the molecule is C#CCn1c(=NC(=O)C2CCCN2S(=O)(=O)c2ccc(OC)cc2)sc2cc(C(=O)OC)ccc21. The van der Waals surface area contributed by atoms with Gasteiger partial charge >= 0.3 is 5.97 Å². The molecule has 1 amide bonds. The van der Waals surface area contributed by atoms with E-state index in [-0.39, 0.29) is 18.0 Å². The number of nitrogens with zero attached hydrogens (tertiary/aromatic N) is 3. The third-order valence-electron chi connectivity index (χ3n) is 5.71. The second-order valence-electron chi connectivity index (χ2n) is 7.75. The van der Waals surface area contributed by atoms with Gasteiger partial charge in [-0.3, -0.25) is 4.79 Å². The molecule has 9 nitrogen and oxygen atoms in total. The van der Waals surface area contributed by atoms with Crippen molar-refractivity contribution in [3.8, 4) is 18.1 Å². The van der Waals surface area contributed by atoms with Crippen LogP contribution in [-0.4, -0.2) is 56.0 Å². The van der Waals surface area contributed by atoms with Crippen molar-refractivity contribution in [1.29, 1.82) is 0 Å². The van der Waals surface area contributed by atoms with Crippen molar-refractivity contribution in [3.63, 3.8) is 0 Å². The topological polar surface area (TPSA) is 107 Å². The number of sulfonamides is 1. The molecule has 1 aliphatic heterocycles. The quantitative estimate of drug-likeness (QED) is 0.370. The van der Waals surface area contributed by atoms with E-state index in [0.29, 0.717) is 39.2 Å². The third kappa shape index (κ3) is 4.73. The highest BCUT2D eigenvalue weighted by atomic mass is 32.2. The fourth-order valence-corrected chi connectivity index (χ4v) is 6.70. The molecule has 0 aliphatic carbocycles. The molecular weight excluding hydrogens is 490 g/mol. The second-order valence-corrected chi connectivity index (χ2v) is 10.6. The standard InChI is InChI=1S/C24H23N3O6S2/c1-4-13-26-19-12-7-16(23(29)33-3)15-21(19)34-24(26)25-22(28)20-6-5-14-27(20)35(30,31)18-10-8-17(32-2)9-11-18/h1,7-12,15,20H,5-6,13-14H2,2-3H3. The van der Waals surface area contributed by atoms with Gasteiger partial charge in [0.15, 0.2) is 4.80 Å². The molecule has 4 rings (SSSR count). The molecule has 0 bridgehead atoms. The van der Waals surface area contributed by atoms with E-state index in [1.54, 1.807) is 34.9 Å². The van der Waals surface area contributed by atoms with Crippen molar-refractivity contribution >= 4 is 43.5 Å². The van der Waals surface area contributed by atoms with Crippen LogP contribution in [0.15, 0.2) is 52.4 Å². The summed E-state index contributed by atoms with van der Waals surface area (Å²) in [5, 5.41) is 0. The number of methoxy groups -OCH3 is 2. The average molecular weight is 514 g/mol. The predicted molar refractivity (Wildman–Crippen MR) is 130 cm³/mol. The Kier molecular flexibility index (Phi) is 7.07. The summed E-state index contributed by atoms with van der Waals surface area (Å²) in [5.41, 5.74) is 1.07. The average Bonchev–Trinajstić information content (AvgIpc) is 3.49. The molecule has 0 saturated carbocycles. The molecule has 0 N–H and O–H groups in total. The Bertz CT molecular complexity index is 1500. The summed E-state index contributed by atoms with van der Waals surface area (Å²) < 4.78 is 40.0. The number of hydrogen-bond donors (Lipinski definition) is 0. The van der Waals surface area contributed by atoms with E-state index < -0.39 is 27.9 Å². The maximum Gasteiger partial charge on any atom is 0.337 e. The van der Waals surface area contributed by atoms with Crippen LogP contribution in [0, 0.1) is 12.3 Å². The molecule has 0 spiro atoms. The molecular formula is C24H23N3O6S2. The monoisotopic (exact) mass is 513 g/mol. The van der Waals surface area contributed by atoms with Crippen molar-refractivity contribution < 1.29 is 27.5 Å². The van der Waals surface area contributed by atoms with Gasteiger partial charge in [0, 0.05) is 6.54 Å². The molecule has 35 heavy (non-hydrogen) atoms. The maximum atomic E-state index is 13.3. The largest absolute Gasteiger partial charge is 0.497 e. The Morgan fingerprint density at radius 2 is 1.94 bits per heavy atom. The predicted octanol–water partition coefficient (Wildman–Crippen LogP) is 2.41. The highest BCUT2D eigenvalue weighted by Crippen LogP contribution is 2.28. The molecule has 11 heteroatoms. The van der Waals surface area contributed by atoms with Gasteiger partial charge in [-0.25, -0.2) is 13.2 Å². The minimum absolute atomic E-state index is 0.0811. The number of fused-ring (bicyclic) bond motifs is 1. The van der Waals surface area contributed by atoms with Gasteiger partial charge in [0.25, 0.3) is 5.91 Å². The summed E-state index contributed by atoms with van der Waals surface area (Å²) in [6.07, 6.45) is 6.44. The first-order valence-corrected chi connectivity index (χ1v) is 13.0. The van der Waals surface area contributed by atoms with Crippen LogP contribution in [0.1, 0.15) is 23.2 Å². The van der Waals surface area contributed by atoms with Crippen LogP contribution in [0.25, 0.3) is 10.2 Å². The van der Waals surface area contributed by atoms with E-state index >= 15 is 0 Å². The first kappa shape index (κ1) is 24.7. The van der Waals surface area contributed by atoms with E-state index in [0.717, 1.165) is 0 Å². The normalized spacial score (nSPS) is 16.8. The van der Waals surface area contributed by atoms with Gasteiger partial charge in [-0.15, -0.1) is 6.42 Å². The Morgan fingerprint density at radius 1 is 1.20 bits per heavy atom. The van der Waals surface area contributed by atoms with Gasteiger partial charge in [0.05, 0.1) is 41.4 Å². The summed E-state index contributed by atoms with van der Waals surface area (Å²) in [4.78, 5) is 29.8. The number of rotatable bonds is 6. The second kappa shape index (κ2) is 10.0. The lowest BCUT2D eigenvalue weighted by molar-refractivity contribution is -0.121. The summed E-state index contributed by atoms with van der Waals surface area (Å²) in [5.74, 6) is 2.03. The number of carbonyl (C=O) groups is 2. The Morgan fingerprint density at radius 3 is 2.60 bits per heavy atom. The first-order chi connectivity index (χ1) is 16.8. The number of hydrogen-bond acceptors (Lipinski definition) is 7. The number of thiazole rings is 1. The van der Waals surface area contributed by atoms with Gasteiger partial charge in [-0.05, 0) is 55.3 Å². The van der Waals surface area contributed by atoms with Gasteiger partial charge in [0.1, 0.15) is 11.8 Å². The molecule has 3 aromatic rings. The lowest BCUT2D eigenvalue weighted by Gasteiger charge is -2.21. The highest BCUT2D eigenvalue weighted by molar-refractivity contribution is 7.89. The summed E-state index contributed by atoms with van der Waals surface area (Å²) in [6.45, 7) is 0.377. The lowest BCUT2D eigenvalue weighted by Crippen LogP contribution is -2.40. The lowest BCUT2D eigenvalue weighted by atomic mass is 10.2. The number of aromatic nitrogens is 1. The van der Waals surface area contributed by atoms with Gasteiger partial charge in [-0.2, -0.15) is 9.30 Å². The zero-order valence-corrected chi connectivity index (χ0v) is 20.8. The van der Waals surface area contributed by atoms with Gasteiger partial charge in [0.2, 0.25) is 10.0 Å². The first-order valence-electron chi connectivity index (χ1n) is 10.7. The summed E-state index contributed by atoms with van der Waals surface area (Å²) >= 11 is 1.19. The molecule has 182 valence electrons. The molecule has 1 atom stereocenters.